The van der Waals surface area contributed by atoms with E-state index in [1.54, 1.807) is 76.2 Å². The number of aliphatic carboxylic acids is 4. The highest BCUT2D eigenvalue weighted by molar-refractivity contribution is 5.73. The van der Waals surface area contributed by atoms with Crippen LogP contribution in [0.5, 0.6) is 57.5 Å². The fraction of sp³-hybridized carbons (Fsp3) is 0.250. The topological polar surface area (TPSA) is 404 Å². The molecule has 28 nitrogen and oxygen atoms in total. The number of nitro groups is 1. The van der Waals surface area contributed by atoms with E-state index in [-0.39, 0.29) is 40.9 Å². The first kappa shape index (κ1) is 82.8. The number of phenolic OH excluding ortho intramolecular Hbond substituents is 1. The second-order valence-electron chi connectivity index (χ2n) is 28.0. The highest BCUT2D eigenvalue weighted by atomic mass is 16.6. The molecule has 0 amide bonds. The molecule has 0 spiro atoms. The highest BCUT2D eigenvalue weighted by Crippen LogP contribution is 2.36. The predicted molar refractivity (Wildman–Crippen MR) is 428 cm³/mol. The van der Waals surface area contributed by atoms with Crippen LogP contribution in [0.3, 0.4) is 0 Å². The van der Waals surface area contributed by atoms with Crippen LogP contribution < -0.4 is 59.6 Å². The number of nitrogens with zero attached hydrogens (tertiary/aromatic N) is 5. The van der Waals surface area contributed by atoms with Gasteiger partial charge in [0.05, 0.1) is 62.1 Å². The van der Waals surface area contributed by atoms with Crippen LogP contribution in [0.4, 0.5) is 29.0 Å². The maximum absolute atomic E-state index is 11.3. The van der Waals surface area contributed by atoms with Gasteiger partial charge in [-0.3, -0.25) is 39.9 Å². The lowest BCUT2D eigenvalue weighted by Gasteiger charge is -2.22. The Kier molecular flexibility index (Phi) is 28.4. The Morgan fingerprint density at radius 1 is 0.414 bits per heavy atom. The molecule has 12 N–H and O–H groups in total. The van der Waals surface area contributed by atoms with Crippen LogP contribution in [0, 0.1) is 33.8 Å². The zero-order chi connectivity index (χ0) is 82.2. The van der Waals surface area contributed by atoms with Crippen LogP contribution in [0.15, 0.2) is 219 Å². The normalized spacial score (nSPS) is 15.2. The smallest absolute Gasteiger partial charge is 0.321 e. The van der Waals surface area contributed by atoms with Crippen molar-refractivity contribution in [3.8, 4) is 57.5 Å². The Hall–Kier alpha value is -14.2. The van der Waals surface area contributed by atoms with Crippen LogP contribution >= 0.6 is 0 Å². The Labute approximate surface area is 668 Å². The number of nitrogens with two attached hydrogens (primary N) is 1. The van der Waals surface area contributed by atoms with E-state index < -0.39 is 28.8 Å². The summed E-state index contributed by atoms with van der Waals surface area (Å²) < 4.78 is 35.0. The Balaban J connectivity index is 0.000000146. The van der Waals surface area contributed by atoms with Crippen molar-refractivity contribution >= 4 is 52.8 Å². The fourth-order valence-corrected chi connectivity index (χ4v) is 13.7. The number of nitrogens with one attached hydrogen (secondary N) is 3. The first-order chi connectivity index (χ1) is 56.0. The maximum Gasteiger partial charge on any atom is 0.321 e. The molecule has 0 radical (unpaired) electrons. The molecule has 11 aromatic rings. The summed E-state index contributed by atoms with van der Waals surface area (Å²) in [5, 5.41) is 85.7. The molecule has 600 valence electrons. The molecule has 4 aliphatic rings. The number of aromatic hydroxyl groups is 1. The van der Waals surface area contributed by atoms with Gasteiger partial charge in [0.2, 0.25) is 0 Å². The zero-order valence-electron chi connectivity index (χ0n) is 64.0. The lowest BCUT2D eigenvalue weighted by Crippen LogP contribution is -2.33. The monoisotopic (exact) mass is 1580 g/mol. The number of aromatic nitrogens is 4. The van der Waals surface area contributed by atoms with Gasteiger partial charge in [-0.1, -0.05) is 70.1 Å². The van der Waals surface area contributed by atoms with Gasteiger partial charge >= 0.3 is 35.5 Å². The summed E-state index contributed by atoms with van der Waals surface area (Å²) in [6.45, 7) is 1.57. The number of benzene rings is 7. The largest absolute Gasteiger partial charge is 0.508 e. The summed E-state index contributed by atoms with van der Waals surface area (Å²) in [5.74, 6) is 4.11. The summed E-state index contributed by atoms with van der Waals surface area (Å²) in [6, 6.07) is 58.5. The number of hydrogen-bond donors (Lipinski definition) is 11. The van der Waals surface area contributed by atoms with Crippen LogP contribution in [0.2, 0.25) is 0 Å². The number of carboxylic acids is 4. The number of phenols is 1. The number of nitrogen functional groups attached to an aromatic ring is 1. The Morgan fingerprint density at radius 2 is 0.750 bits per heavy atom. The predicted octanol–water partition coefficient (Wildman–Crippen LogP) is 14.5. The van der Waals surface area contributed by atoms with Gasteiger partial charge in [0, 0.05) is 37.1 Å². The number of rotatable bonds is 23. The number of carboxylic acid groups (broad SMARTS) is 4. The zero-order valence-corrected chi connectivity index (χ0v) is 64.0. The molecule has 0 bridgehead atoms. The van der Waals surface area contributed by atoms with Crippen molar-refractivity contribution in [2.45, 2.75) is 96.7 Å². The van der Waals surface area contributed by atoms with Crippen molar-refractivity contribution in [2.24, 2.45) is 23.7 Å². The Bertz CT molecular complexity index is 5250. The van der Waals surface area contributed by atoms with E-state index in [0.717, 1.165) is 91.3 Å². The summed E-state index contributed by atoms with van der Waals surface area (Å²) in [5.41, 5.74) is 17.5. The summed E-state index contributed by atoms with van der Waals surface area (Å²) in [4.78, 5) is 63.0. The molecule has 28 heteroatoms. The van der Waals surface area contributed by atoms with E-state index in [1.165, 1.54) is 46.8 Å². The molecule has 0 fully saturated rings. The third-order valence-electron chi connectivity index (χ3n) is 20.2. The number of hydrogen-bond acceptors (Lipinski definition) is 21. The Morgan fingerprint density at radius 3 is 1.14 bits per heavy atom. The molecular weight excluding hydrogens is 1490 g/mol. The van der Waals surface area contributed by atoms with Gasteiger partial charge in [0.1, 0.15) is 101 Å². The average Bonchev–Trinajstić information content (AvgIpc) is 0.818. The second kappa shape index (κ2) is 39.8. The second-order valence-corrected chi connectivity index (χ2v) is 28.0. The standard InChI is InChI=1S/C24H24N2O5.C24H24N2O4.C16H16N2O3.C13H13N3O4.C11H12O3/c1-30-20-7-2-16(3-8-20)15-25-23-14-22(10-11-26(23)29)31-21-9-6-17-4-5-18(24(27)28)12-19(17)13-21;1-29-20-7-2-16(3-8-20)15-26-23-14-22(10-11-25-23)30-21-9-6-17-4-5-18(24(27)28)12-19(17)13-21;17-15-9-14(5-6-18-15)21-13-4-3-10-1-2-11(16(19)20)7-12(10)8-13;1-20-12-4-2-10(3-5-12)9-14-13-8-11(16(18)19)6-7-15(13)17;12-10-4-3-7-1-2-8(11(13)14)5-9(7)6-10/h2-3,6-11,13-14,18,29H,4-5,12,15H2,1H3,(H,27,28);2-3,6-11,13-14,18H,4-5,12,15H2,1H3,(H,25,26)(H,27,28);3-6,8-9,11H,1-2,7H2,(H2,17,18)(H,19,20);2-8,17H,9H2,1H3;3-4,6,8,12H,1-2,5H2,(H,13,14)/p+2. The van der Waals surface area contributed by atoms with Gasteiger partial charge in [-0.05, 0) is 235 Å². The van der Waals surface area contributed by atoms with E-state index in [4.69, 9.17) is 44.4 Å². The first-order valence-electron chi connectivity index (χ1n) is 37.5. The van der Waals surface area contributed by atoms with Crippen molar-refractivity contribution in [1.29, 1.82) is 0 Å². The molecule has 0 saturated heterocycles. The van der Waals surface area contributed by atoms with Gasteiger partial charge in [0.15, 0.2) is 0 Å². The molecule has 4 unspecified atom stereocenters. The molecule has 4 aliphatic carbocycles. The molecule has 7 aromatic carbocycles. The number of anilines is 4. The number of fused-ring (bicyclic) bond motifs is 4. The molecule has 0 saturated carbocycles. The van der Waals surface area contributed by atoms with Gasteiger partial charge in [-0.25, -0.2) is 9.97 Å². The van der Waals surface area contributed by atoms with Crippen LogP contribution in [0.25, 0.3) is 0 Å². The van der Waals surface area contributed by atoms with Crippen molar-refractivity contribution in [3.05, 3.63) is 290 Å². The number of aryl methyl sites for hydroxylation is 4. The minimum Gasteiger partial charge on any atom is -0.508 e. The third kappa shape index (κ3) is 23.7. The van der Waals surface area contributed by atoms with Crippen molar-refractivity contribution in [1.82, 2.24) is 9.97 Å². The van der Waals surface area contributed by atoms with Crippen LogP contribution in [-0.2, 0) is 90.2 Å². The van der Waals surface area contributed by atoms with E-state index in [9.17, 15) is 55.0 Å². The third-order valence-corrected chi connectivity index (χ3v) is 20.2. The lowest BCUT2D eigenvalue weighted by atomic mass is 9.84. The maximum atomic E-state index is 11.3. The quantitative estimate of drug-likeness (QED) is 0.0123. The molecule has 0 aliphatic heterocycles. The number of ether oxygens (including phenoxy) is 6. The summed E-state index contributed by atoms with van der Waals surface area (Å²) in [6.07, 6.45) is 14.1. The van der Waals surface area contributed by atoms with Gasteiger partial charge < -0.3 is 75.4 Å². The molecule has 116 heavy (non-hydrogen) atoms. The summed E-state index contributed by atoms with van der Waals surface area (Å²) in [7, 11) is 4.86. The number of carbonyl (C=O) groups is 4. The molecule has 4 atom stereocenters. The van der Waals surface area contributed by atoms with Crippen molar-refractivity contribution in [3.63, 3.8) is 0 Å². The molecule has 4 aromatic heterocycles. The molecule has 15 rings (SSSR count). The minimum absolute atomic E-state index is 0.0902. The number of pyridine rings is 4. The van der Waals surface area contributed by atoms with Gasteiger partial charge in [-0.15, -0.1) is 0 Å². The SMILES string of the molecule is COc1ccc(CNc2cc(Oc3ccc4c(c3)CC(C(=O)O)CC4)cc[n+]2O)cc1.COc1ccc(CNc2cc(Oc3ccc4c(c3)CC(C(=O)O)CC4)ccn2)cc1.COc1ccc(CNc2cc([N+](=O)[O-])cc[n+]2O)cc1.Nc1cc(Oc2ccc3c(c2)CC(C(=O)O)CC3)ccn1.O=C(O)C1CCc2ccc(O)cc2C1. The van der Waals surface area contributed by atoms with E-state index in [0.29, 0.717) is 123 Å². The molecule has 4 heterocycles. The highest BCUT2D eigenvalue weighted by Gasteiger charge is 2.29. The summed E-state index contributed by atoms with van der Waals surface area (Å²) >= 11 is 0. The van der Waals surface area contributed by atoms with E-state index >= 15 is 0 Å². The minimum atomic E-state index is -0.750. The van der Waals surface area contributed by atoms with E-state index in [2.05, 4.69) is 25.9 Å². The fourth-order valence-electron chi connectivity index (χ4n) is 13.7. The van der Waals surface area contributed by atoms with Crippen LogP contribution in [-0.4, -0.2) is 96.0 Å². The lowest BCUT2D eigenvalue weighted by molar-refractivity contribution is -0.893. The van der Waals surface area contributed by atoms with Crippen molar-refractivity contribution < 1.29 is 97.9 Å². The van der Waals surface area contributed by atoms with Gasteiger partial charge in [0.25, 0.3) is 5.69 Å². The van der Waals surface area contributed by atoms with Gasteiger partial charge in [-0.2, -0.15) is 0 Å². The average molecular weight is 1580 g/mol. The van der Waals surface area contributed by atoms with Crippen molar-refractivity contribution in [2.75, 3.05) is 43.0 Å². The van der Waals surface area contributed by atoms with Crippen LogP contribution in [0.1, 0.15) is 86.9 Å². The molecular formula is C88H91N9O19+2. The number of methoxy groups -OCH3 is 3. The first-order valence-corrected chi connectivity index (χ1v) is 37.5. The van der Waals surface area contributed by atoms with E-state index in [1.807, 2.05) is 140 Å².